The monoisotopic (exact) mass is 306 g/mol. The summed E-state index contributed by atoms with van der Waals surface area (Å²) >= 11 is 6.14. The van der Waals surface area contributed by atoms with E-state index in [1.54, 1.807) is 6.20 Å². The molecule has 0 aliphatic carbocycles. The van der Waals surface area contributed by atoms with Crippen molar-refractivity contribution >= 4 is 23.0 Å². The third-order valence-electron chi connectivity index (χ3n) is 3.23. The van der Waals surface area contributed by atoms with Gasteiger partial charge in [0.15, 0.2) is 0 Å². The van der Waals surface area contributed by atoms with Crippen molar-refractivity contribution in [1.82, 2.24) is 9.78 Å². The molecule has 1 unspecified atom stereocenters. The average molecular weight is 307 g/mol. The van der Waals surface area contributed by atoms with Crippen LogP contribution in [0, 0.1) is 0 Å². The van der Waals surface area contributed by atoms with Crippen molar-refractivity contribution in [1.29, 1.82) is 0 Å². The molecule has 2 aromatic rings. The summed E-state index contributed by atoms with van der Waals surface area (Å²) in [6, 6.07) is 7.55. The van der Waals surface area contributed by atoms with Gasteiger partial charge in [-0.25, -0.2) is 4.68 Å². The summed E-state index contributed by atoms with van der Waals surface area (Å²) in [5.41, 5.74) is 7.71. The lowest BCUT2D eigenvalue weighted by Gasteiger charge is -2.17. The Labute approximate surface area is 128 Å². The first-order valence-corrected chi connectivity index (χ1v) is 7.28. The summed E-state index contributed by atoms with van der Waals surface area (Å²) in [6.45, 7) is 4.53. The normalized spacial score (nSPS) is 12.1. The molecule has 21 heavy (non-hydrogen) atoms. The summed E-state index contributed by atoms with van der Waals surface area (Å²) < 4.78 is 1.38. The molecule has 0 aliphatic heterocycles. The maximum atomic E-state index is 12.1. The summed E-state index contributed by atoms with van der Waals surface area (Å²) in [6.07, 6.45) is 2.42. The van der Waals surface area contributed by atoms with Crippen LogP contribution in [0.2, 0.25) is 5.02 Å². The largest absolute Gasteiger partial charge is 0.399 e. The molecule has 3 N–H and O–H groups in total. The molecule has 0 saturated carbocycles. The number of anilines is 2. The number of nitrogens with one attached hydrogen (secondary N) is 1. The van der Waals surface area contributed by atoms with Crippen LogP contribution in [0.3, 0.4) is 0 Å². The summed E-state index contributed by atoms with van der Waals surface area (Å²) in [4.78, 5) is 12.1. The minimum atomic E-state index is -0.270. The number of hydrogen-bond acceptors (Lipinski definition) is 4. The number of nitrogen functional groups attached to an aromatic ring is 1. The molecule has 1 aromatic carbocycles. The van der Waals surface area contributed by atoms with E-state index >= 15 is 0 Å². The zero-order valence-electron chi connectivity index (χ0n) is 12.1. The van der Waals surface area contributed by atoms with E-state index in [9.17, 15) is 4.79 Å². The molecule has 6 heteroatoms. The molecule has 0 amide bonds. The number of nitrogens with zero attached hydrogens (tertiary/aromatic N) is 2. The molecular weight excluding hydrogens is 288 g/mol. The Morgan fingerprint density at radius 3 is 2.67 bits per heavy atom. The van der Waals surface area contributed by atoms with Crippen molar-refractivity contribution in [2.24, 2.45) is 0 Å². The Balaban J connectivity index is 2.21. The number of aromatic nitrogens is 2. The Morgan fingerprint density at radius 1 is 1.38 bits per heavy atom. The van der Waals surface area contributed by atoms with E-state index in [0.29, 0.717) is 17.9 Å². The lowest BCUT2D eigenvalue weighted by Crippen LogP contribution is -2.24. The van der Waals surface area contributed by atoms with Gasteiger partial charge in [-0.05, 0) is 31.0 Å². The second kappa shape index (κ2) is 6.63. The van der Waals surface area contributed by atoms with E-state index in [0.717, 1.165) is 12.0 Å². The highest BCUT2D eigenvalue weighted by atomic mass is 35.5. The quantitative estimate of drug-likeness (QED) is 0.833. The van der Waals surface area contributed by atoms with E-state index in [1.807, 2.05) is 38.1 Å². The molecule has 0 aliphatic rings. The third-order valence-corrected chi connectivity index (χ3v) is 3.59. The van der Waals surface area contributed by atoms with Crippen LogP contribution in [-0.4, -0.2) is 9.78 Å². The topological polar surface area (TPSA) is 72.9 Å². The van der Waals surface area contributed by atoms with E-state index in [4.69, 9.17) is 17.3 Å². The van der Waals surface area contributed by atoms with Crippen molar-refractivity contribution in [3.05, 3.63) is 51.4 Å². The Morgan fingerprint density at radius 2 is 2.05 bits per heavy atom. The first-order valence-electron chi connectivity index (χ1n) is 6.90. The zero-order valence-corrected chi connectivity index (χ0v) is 12.9. The Kier molecular flexibility index (Phi) is 4.85. The third kappa shape index (κ3) is 3.55. The molecule has 112 valence electrons. The average Bonchev–Trinajstić information content (AvgIpc) is 2.47. The number of aryl methyl sites for hydroxylation is 1. The van der Waals surface area contributed by atoms with Crippen molar-refractivity contribution in [2.45, 2.75) is 32.9 Å². The van der Waals surface area contributed by atoms with Crippen LogP contribution in [0.25, 0.3) is 0 Å². The predicted octanol–water partition coefficient (Wildman–Crippen LogP) is 3.06. The van der Waals surface area contributed by atoms with Crippen LogP contribution < -0.4 is 16.6 Å². The molecule has 0 radical (unpaired) electrons. The fourth-order valence-corrected chi connectivity index (χ4v) is 2.24. The fourth-order valence-electron chi connectivity index (χ4n) is 2.04. The lowest BCUT2D eigenvalue weighted by atomic mass is 10.1. The van der Waals surface area contributed by atoms with Crippen molar-refractivity contribution in [3.63, 3.8) is 0 Å². The van der Waals surface area contributed by atoms with Crippen LogP contribution in [-0.2, 0) is 6.54 Å². The van der Waals surface area contributed by atoms with Crippen molar-refractivity contribution < 1.29 is 0 Å². The van der Waals surface area contributed by atoms with Gasteiger partial charge < -0.3 is 11.1 Å². The van der Waals surface area contributed by atoms with Gasteiger partial charge in [0.1, 0.15) is 5.02 Å². The first kappa shape index (κ1) is 15.4. The highest BCUT2D eigenvalue weighted by Gasteiger charge is 2.12. The Bertz CT molecular complexity index is 666. The van der Waals surface area contributed by atoms with Gasteiger partial charge in [0.05, 0.1) is 11.9 Å². The number of halogens is 1. The van der Waals surface area contributed by atoms with E-state index in [1.165, 1.54) is 4.68 Å². The van der Waals surface area contributed by atoms with Gasteiger partial charge in [-0.15, -0.1) is 0 Å². The molecule has 0 fully saturated rings. The molecular formula is C15H19ClN4O. The molecule has 0 bridgehead atoms. The van der Waals surface area contributed by atoms with Crippen LogP contribution >= 0.6 is 11.6 Å². The van der Waals surface area contributed by atoms with Gasteiger partial charge in [0.2, 0.25) is 0 Å². The Hall–Kier alpha value is -2.01. The molecule has 1 atom stereocenters. The second-order valence-corrected chi connectivity index (χ2v) is 5.31. The molecule has 0 spiro atoms. The highest BCUT2D eigenvalue weighted by molar-refractivity contribution is 6.32. The molecule has 5 nitrogen and oxygen atoms in total. The van der Waals surface area contributed by atoms with E-state index in [2.05, 4.69) is 10.4 Å². The van der Waals surface area contributed by atoms with Gasteiger partial charge in [0.25, 0.3) is 5.56 Å². The van der Waals surface area contributed by atoms with Crippen molar-refractivity contribution in [3.8, 4) is 0 Å². The zero-order chi connectivity index (χ0) is 15.4. The van der Waals surface area contributed by atoms with Gasteiger partial charge >= 0.3 is 0 Å². The lowest BCUT2D eigenvalue weighted by molar-refractivity contribution is 0.568. The van der Waals surface area contributed by atoms with E-state index < -0.39 is 0 Å². The SMILES string of the molecule is CCCn1ncc(NC(C)c2ccc(N)cc2)c(Cl)c1=O. The van der Waals surface area contributed by atoms with Gasteiger partial charge in [0, 0.05) is 18.3 Å². The molecule has 1 heterocycles. The standard InChI is InChI=1S/C15H19ClN4O/c1-3-8-20-15(21)14(16)13(9-18-20)19-10(2)11-4-6-12(17)7-5-11/h4-7,9-10,19H,3,8,17H2,1-2H3. The van der Waals surface area contributed by atoms with Crippen LogP contribution in [0.1, 0.15) is 31.9 Å². The highest BCUT2D eigenvalue weighted by Crippen LogP contribution is 2.23. The molecule has 1 aromatic heterocycles. The van der Waals surface area contributed by atoms with Crippen LogP contribution in [0.4, 0.5) is 11.4 Å². The number of nitrogens with two attached hydrogens (primary N) is 1. The smallest absolute Gasteiger partial charge is 0.287 e. The summed E-state index contributed by atoms with van der Waals surface area (Å²) in [5.74, 6) is 0. The second-order valence-electron chi connectivity index (χ2n) is 4.93. The van der Waals surface area contributed by atoms with Gasteiger partial charge in [-0.1, -0.05) is 30.7 Å². The maximum absolute atomic E-state index is 12.1. The summed E-state index contributed by atoms with van der Waals surface area (Å²) in [5, 5.41) is 7.50. The van der Waals surface area contributed by atoms with Gasteiger partial charge in [-0.2, -0.15) is 5.10 Å². The van der Waals surface area contributed by atoms with Crippen molar-refractivity contribution in [2.75, 3.05) is 11.1 Å². The van der Waals surface area contributed by atoms with E-state index in [-0.39, 0.29) is 16.6 Å². The van der Waals surface area contributed by atoms with Crippen LogP contribution in [0.5, 0.6) is 0 Å². The number of rotatable bonds is 5. The molecule has 2 rings (SSSR count). The predicted molar refractivity (Wildman–Crippen MR) is 86.7 cm³/mol. The minimum absolute atomic E-state index is 0.00803. The fraction of sp³-hybridized carbons (Fsp3) is 0.333. The minimum Gasteiger partial charge on any atom is -0.399 e. The van der Waals surface area contributed by atoms with Gasteiger partial charge in [-0.3, -0.25) is 4.79 Å². The maximum Gasteiger partial charge on any atom is 0.287 e. The summed E-state index contributed by atoms with van der Waals surface area (Å²) in [7, 11) is 0. The molecule has 0 saturated heterocycles. The van der Waals surface area contributed by atoms with Crippen LogP contribution in [0.15, 0.2) is 35.3 Å². The number of hydrogen-bond donors (Lipinski definition) is 2. The first-order chi connectivity index (χ1) is 10.0. The number of benzene rings is 1.